The Morgan fingerprint density at radius 3 is 2.67 bits per heavy atom. The van der Waals surface area contributed by atoms with Gasteiger partial charge < -0.3 is 10.2 Å². The molecule has 80 valence electrons. The van der Waals surface area contributed by atoms with Crippen molar-refractivity contribution in [1.82, 2.24) is 0 Å². The van der Waals surface area contributed by atoms with Crippen molar-refractivity contribution >= 4 is 27.3 Å². The Hall–Kier alpha value is -0.580. The van der Waals surface area contributed by atoms with E-state index >= 15 is 0 Å². The van der Waals surface area contributed by atoms with Crippen LogP contribution in [0.4, 0.5) is 0 Å². The second-order valence-electron chi connectivity index (χ2n) is 3.52. The highest BCUT2D eigenvalue weighted by molar-refractivity contribution is 9.11. The topological polar surface area (TPSA) is 39.2 Å². The van der Waals surface area contributed by atoms with E-state index in [1.54, 1.807) is 17.6 Å². The summed E-state index contributed by atoms with van der Waals surface area (Å²) in [4.78, 5) is 1.16. The smallest absolute Gasteiger partial charge is 0.105 e. The van der Waals surface area contributed by atoms with Gasteiger partial charge in [-0.1, -0.05) is 0 Å². The maximum atomic E-state index is 6.17. The third-order valence-electron chi connectivity index (χ3n) is 2.42. The number of furan rings is 1. The monoisotopic (exact) mass is 285 g/mol. The minimum Gasteiger partial charge on any atom is -0.469 e. The fraction of sp³-hybridized carbons (Fsp3) is 0.273. The standard InChI is InChI=1S/C11H12BrNOS/c1-6-5-9(15-11(6)12)10(13)8-3-4-14-7(8)2/h3-5,10H,13H2,1-2H3. The van der Waals surface area contributed by atoms with Crippen LogP contribution in [0.25, 0.3) is 0 Å². The predicted molar refractivity (Wildman–Crippen MR) is 66.2 cm³/mol. The SMILES string of the molecule is Cc1cc(C(N)c2ccoc2C)sc1Br. The van der Waals surface area contributed by atoms with Crippen LogP contribution in [0.15, 0.2) is 26.6 Å². The van der Waals surface area contributed by atoms with Gasteiger partial charge in [0.1, 0.15) is 5.76 Å². The van der Waals surface area contributed by atoms with Gasteiger partial charge in [-0.2, -0.15) is 0 Å². The maximum absolute atomic E-state index is 6.17. The van der Waals surface area contributed by atoms with Gasteiger partial charge in [0.25, 0.3) is 0 Å². The summed E-state index contributed by atoms with van der Waals surface area (Å²) in [7, 11) is 0. The highest BCUT2D eigenvalue weighted by Crippen LogP contribution is 2.34. The lowest BCUT2D eigenvalue weighted by molar-refractivity contribution is 0.528. The van der Waals surface area contributed by atoms with Crippen LogP contribution in [0.2, 0.25) is 0 Å². The molecule has 0 saturated carbocycles. The molecule has 1 unspecified atom stereocenters. The molecule has 2 aromatic rings. The van der Waals surface area contributed by atoms with Crippen LogP contribution in [0.1, 0.15) is 27.8 Å². The van der Waals surface area contributed by atoms with Gasteiger partial charge in [-0.05, 0) is 47.5 Å². The number of thiophene rings is 1. The molecule has 1 atom stereocenters. The Balaban J connectivity index is 2.36. The molecule has 2 nitrogen and oxygen atoms in total. The third-order valence-corrected chi connectivity index (χ3v) is 4.64. The Labute approximate surface area is 101 Å². The summed E-state index contributed by atoms with van der Waals surface area (Å²) in [6.45, 7) is 4.00. The fourth-order valence-corrected chi connectivity index (χ4v) is 3.10. The number of aryl methyl sites for hydroxylation is 2. The molecule has 0 aromatic carbocycles. The Morgan fingerprint density at radius 2 is 2.20 bits per heavy atom. The molecule has 2 heterocycles. The second kappa shape index (κ2) is 4.12. The van der Waals surface area contributed by atoms with E-state index in [9.17, 15) is 0 Å². The number of halogens is 1. The van der Waals surface area contributed by atoms with Gasteiger partial charge in [-0.25, -0.2) is 0 Å². The van der Waals surface area contributed by atoms with E-state index in [4.69, 9.17) is 10.2 Å². The first kappa shape index (κ1) is 10.9. The first-order valence-electron chi connectivity index (χ1n) is 4.65. The van der Waals surface area contributed by atoms with Gasteiger partial charge in [-0.3, -0.25) is 0 Å². The summed E-state index contributed by atoms with van der Waals surface area (Å²) >= 11 is 5.19. The molecule has 15 heavy (non-hydrogen) atoms. The molecule has 4 heteroatoms. The third kappa shape index (κ3) is 2.02. The van der Waals surface area contributed by atoms with Crippen LogP contribution in [0.3, 0.4) is 0 Å². The van der Waals surface area contributed by atoms with Crippen molar-refractivity contribution in [2.75, 3.05) is 0 Å². The lowest BCUT2D eigenvalue weighted by atomic mass is 10.1. The fourth-order valence-electron chi connectivity index (χ4n) is 1.51. The molecule has 0 aliphatic rings. The summed E-state index contributed by atoms with van der Waals surface area (Å²) < 4.78 is 6.40. The number of hydrogen-bond donors (Lipinski definition) is 1. The van der Waals surface area contributed by atoms with Crippen LogP contribution in [-0.2, 0) is 0 Å². The summed E-state index contributed by atoms with van der Waals surface area (Å²) in [5.74, 6) is 0.893. The minimum atomic E-state index is -0.0845. The minimum absolute atomic E-state index is 0.0845. The first-order valence-corrected chi connectivity index (χ1v) is 6.26. The van der Waals surface area contributed by atoms with E-state index in [-0.39, 0.29) is 6.04 Å². The molecule has 2 rings (SSSR count). The molecule has 2 aromatic heterocycles. The van der Waals surface area contributed by atoms with Crippen molar-refractivity contribution in [2.24, 2.45) is 5.73 Å². The number of hydrogen-bond acceptors (Lipinski definition) is 3. The molecule has 0 fully saturated rings. The van der Waals surface area contributed by atoms with E-state index in [1.807, 2.05) is 13.0 Å². The van der Waals surface area contributed by atoms with Gasteiger partial charge in [0.05, 0.1) is 16.1 Å². The van der Waals surface area contributed by atoms with E-state index < -0.39 is 0 Å². The summed E-state index contributed by atoms with van der Waals surface area (Å²) in [6.07, 6.45) is 1.68. The average molecular weight is 286 g/mol. The normalized spacial score (nSPS) is 13.1. The highest BCUT2D eigenvalue weighted by atomic mass is 79.9. The van der Waals surface area contributed by atoms with Crippen LogP contribution in [0, 0.1) is 13.8 Å². The second-order valence-corrected chi connectivity index (χ2v) is 5.92. The zero-order valence-electron chi connectivity index (χ0n) is 8.58. The zero-order chi connectivity index (χ0) is 11.0. The molecule has 0 bridgehead atoms. The zero-order valence-corrected chi connectivity index (χ0v) is 11.0. The summed E-state index contributed by atoms with van der Waals surface area (Å²) in [6, 6.07) is 3.97. The van der Waals surface area contributed by atoms with Crippen molar-refractivity contribution < 1.29 is 4.42 Å². The summed E-state index contributed by atoms with van der Waals surface area (Å²) in [5, 5.41) is 0. The van der Waals surface area contributed by atoms with Crippen molar-refractivity contribution in [3.8, 4) is 0 Å². The molecular formula is C11H12BrNOS. The molecule has 0 saturated heterocycles. The first-order chi connectivity index (χ1) is 7.09. The van der Waals surface area contributed by atoms with E-state index in [0.717, 1.165) is 20.0 Å². The largest absolute Gasteiger partial charge is 0.469 e. The van der Waals surface area contributed by atoms with Crippen molar-refractivity contribution in [2.45, 2.75) is 19.9 Å². The lowest BCUT2D eigenvalue weighted by Crippen LogP contribution is -2.10. The van der Waals surface area contributed by atoms with Gasteiger partial charge in [-0.15, -0.1) is 11.3 Å². The maximum Gasteiger partial charge on any atom is 0.105 e. The molecule has 0 spiro atoms. The van der Waals surface area contributed by atoms with Crippen molar-refractivity contribution in [1.29, 1.82) is 0 Å². The van der Waals surface area contributed by atoms with Gasteiger partial charge in [0.2, 0.25) is 0 Å². The molecule has 2 N–H and O–H groups in total. The number of rotatable bonds is 2. The molecular weight excluding hydrogens is 274 g/mol. The lowest BCUT2D eigenvalue weighted by Gasteiger charge is -2.07. The predicted octanol–water partition coefficient (Wildman–Crippen LogP) is 3.77. The molecule has 0 amide bonds. The van der Waals surface area contributed by atoms with Gasteiger partial charge in [0.15, 0.2) is 0 Å². The van der Waals surface area contributed by atoms with E-state index in [2.05, 4.69) is 28.9 Å². The molecule has 0 aliphatic heterocycles. The van der Waals surface area contributed by atoms with Crippen LogP contribution in [0.5, 0.6) is 0 Å². The van der Waals surface area contributed by atoms with E-state index in [0.29, 0.717) is 0 Å². The van der Waals surface area contributed by atoms with Crippen molar-refractivity contribution in [3.05, 3.63) is 43.9 Å². The average Bonchev–Trinajstić information content (AvgIpc) is 2.74. The Morgan fingerprint density at radius 1 is 1.47 bits per heavy atom. The van der Waals surface area contributed by atoms with Crippen LogP contribution < -0.4 is 5.73 Å². The quantitative estimate of drug-likeness (QED) is 0.912. The highest BCUT2D eigenvalue weighted by Gasteiger charge is 2.16. The Kier molecular flexibility index (Phi) is 3.00. The van der Waals surface area contributed by atoms with E-state index in [1.165, 1.54) is 5.56 Å². The van der Waals surface area contributed by atoms with Gasteiger partial charge >= 0.3 is 0 Å². The Bertz CT molecular complexity index is 455. The van der Waals surface area contributed by atoms with Crippen LogP contribution >= 0.6 is 27.3 Å². The molecule has 0 aliphatic carbocycles. The van der Waals surface area contributed by atoms with Crippen molar-refractivity contribution in [3.63, 3.8) is 0 Å². The van der Waals surface area contributed by atoms with Crippen LogP contribution in [-0.4, -0.2) is 0 Å². The number of nitrogens with two attached hydrogens (primary N) is 1. The van der Waals surface area contributed by atoms with Gasteiger partial charge in [0, 0.05) is 10.4 Å². The summed E-state index contributed by atoms with van der Waals surface area (Å²) in [5.41, 5.74) is 8.46. The molecule has 0 radical (unpaired) electrons.